The van der Waals surface area contributed by atoms with Gasteiger partial charge < -0.3 is 15.1 Å². The number of amides is 1. The number of anilines is 2. The number of hydrogen-bond acceptors (Lipinski definition) is 5. The zero-order valence-corrected chi connectivity index (χ0v) is 18.3. The summed E-state index contributed by atoms with van der Waals surface area (Å²) in [5.74, 6) is 0.800. The first-order valence-electron chi connectivity index (χ1n) is 9.53. The van der Waals surface area contributed by atoms with Gasteiger partial charge in [0.25, 0.3) is 5.91 Å². The third-order valence-electron chi connectivity index (χ3n) is 5.02. The molecule has 7 heteroatoms. The summed E-state index contributed by atoms with van der Waals surface area (Å²) < 4.78 is 1.10. The highest BCUT2D eigenvalue weighted by Crippen LogP contribution is 2.21. The van der Waals surface area contributed by atoms with Crippen LogP contribution in [0.3, 0.4) is 0 Å². The van der Waals surface area contributed by atoms with Crippen LogP contribution in [-0.4, -0.2) is 54.2 Å². The summed E-state index contributed by atoms with van der Waals surface area (Å²) in [6, 6.07) is 19.2. The van der Waals surface area contributed by atoms with E-state index < -0.39 is 0 Å². The van der Waals surface area contributed by atoms with Gasteiger partial charge in [-0.15, -0.1) is 10.2 Å². The molecule has 148 valence electrons. The number of nitrogens with one attached hydrogen (secondary N) is 1. The highest BCUT2D eigenvalue weighted by atomic mass is 127. The number of nitrogens with zero attached hydrogens (tertiary/aromatic N) is 4. The molecule has 2 heterocycles. The van der Waals surface area contributed by atoms with Crippen molar-refractivity contribution in [3.05, 3.63) is 69.8 Å². The first-order valence-corrected chi connectivity index (χ1v) is 10.6. The lowest BCUT2D eigenvalue weighted by Crippen LogP contribution is -2.44. The van der Waals surface area contributed by atoms with Gasteiger partial charge in [0.05, 0.1) is 5.69 Å². The molecule has 0 bridgehead atoms. The Hall–Kier alpha value is -2.52. The highest BCUT2D eigenvalue weighted by Gasteiger charge is 2.15. The van der Waals surface area contributed by atoms with Gasteiger partial charge in [-0.25, -0.2) is 0 Å². The van der Waals surface area contributed by atoms with Gasteiger partial charge in [-0.2, -0.15) is 0 Å². The lowest BCUT2D eigenvalue weighted by molar-refractivity contribution is 0.102. The van der Waals surface area contributed by atoms with Crippen LogP contribution < -0.4 is 10.2 Å². The van der Waals surface area contributed by atoms with Crippen molar-refractivity contribution in [1.82, 2.24) is 15.1 Å². The Bertz CT molecular complexity index is 966. The summed E-state index contributed by atoms with van der Waals surface area (Å²) in [4.78, 5) is 16.9. The van der Waals surface area contributed by atoms with E-state index in [4.69, 9.17) is 0 Å². The fourth-order valence-corrected chi connectivity index (χ4v) is 3.57. The van der Waals surface area contributed by atoms with Crippen molar-refractivity contribution < 1.29 is 4.79 Å². The first kappa shape index (κ1) is 19.8. The molecule has 0 aliphatic carbocycles. The minimum Gasteiger partial charge on any atom is -0.353 e. The SMILES string of the molecule is CN1CCN(c2ccc(-c3ccc(NC(=O)c4ccc(I)cc4)cc3)nn2)CC1. The third-order valence-corrected chi connectivity index (χ3v) is 5.74. The van der Waals surface area contributed by atoms with E-state index >= 15 is 0 Å². The van der Waals surface area contributed by atoms with Crippen molar-refractivity contribution in [2.75, 3.05) is 43.4 Å². The van der Waals surface area contributed by atoms with E-state index in [0.29, 0.717) is 5.56 Å². The lowest BCUT2D eigenvalue weighted by Gasteiger charge is -2.32. The van der Waals surface area contributed by atoms with Crippen LogP contribution in [0.25, 0.3) is 11.3 Å². The first-order chi connectivity index (χ1) is 14.1. The maximum atomic E-state index is 12.3. The average Bonchev–Trinajstić information content (AvgIpc) is 2.75. The van der Waals surface area contributed by atoms with Crippen LogP contribution in [0.5, 0.6) is 0 Å². The fraction of sp³-hybridized carbons (Fsp3) is 0.227. The summed E-state index contributed by atoms with van der Waals surface area (Å²) in [7, 11) is 2.14. The molecule has 0 saturated carbocycles. The monoisotopic (exact) mass is 499 g/mol. The second-order valence-corrected chi connectivity index (χ2v) is 8.35. The number of benzene rings is 2. The molecule has 3 aromatic rings. The average molecular weight is 499 g/mol. The molecule has 1 fully saturated rings. The van der Waals surface area contributed by atoms with Crippen LogP contribution in [0.1, 0.15) is 10.4 Å². The number of aromatic nitrogens is 2. The lowest BCUT2D eigenvalue weighted by atomic mass is 10.1. The van der Waals surface area contributed by atoms with Gasteiger partial charge in [-0.3, -0.25) is 4.79 Å². The van der Waals surface area contributed by atoms with E-state index in [9.17, 15) is 4.79 Å². The molecule has 1 aliphatic rings. The Balaban J connectivity index is 1.41. The van der Waals surface area contributed by atoms with E-state index in [2.05, 4.69) is 55.0 Å². The fourth-order valence-electron chi connectivity index (χ4n) is 3.21. The van der Waals surface area contributed by atoms with E-state index in [0.717, 1.165) is 52.5 Å². The molecule has 0 radical (unpaired) electrons. The van der Waals surface area contributed by atoms with Crippen molar-refractivity contribution in [3.63, 3.8) is 0 Å². The van der Waals surface area contributed by atoms with Gasteiger partial charge >= 0.3 is 0 Å². The number of hydrogen-bond donors (Lipinski definition) is 1. The van der Waals surface area contributed by atoms with Gasteiger partial charge in [0.2, 0.25) is 0 Å². The molecule has 1 aromatic heterocycles. The van der Waals surface area contributed by atoms with Gasteiger partial charge in [-0.05, 0) is 78.2 Å². The van der Waals surface area contributed by atoms with Gasteiger partial charge in [0.15, 0.2) is 5.82 Å². The molecule has 2 aromatic carbocycles. The van der Waals surface area contributed by atoms with Crippen LogP contribution in [0.2, 0.25) is 0 Å². The summed E-state index contributed by atoms with van der Waals surface area (Å²) in [5.41, 5.74) is 3.17. The Kier molecular flexibility index (Phi) is 6.05. The molecule has 1 N–H and O–H groups in total. The quantitative estimate of drug-likeness (QED) is 0.555. The van der Waals surface area contributed by atoms with Crippen LogP contribution in [0.15, 0.2) is 60.7 Å². The van der Waals surface area contributed by atoms with E-state index in [1.165, 1.54) is 0 Å². The zero-order chi connectivity index (χ0) is 20.2. The number of halogens is 1. The van der Waals surface area contributed by atoms with Crippen molar-refractivity contribution in [2.45, 2.75) is 0 Å². The Labute approximate surface area is 184 Å². The Morgan fingerprint density at radius 2 is 1.59 bits per heavy atom. The second-order valence-electron chi connectivity index (χ2n) is 7.11. The van der Waals surface area contributed by atoms with E-state index in [1.54, 1.807) is 0 Å². The number of carbonyl (C=O) groups is 1. The molecule has 6 nitrogen and oxygen atoms in total. The largest absolute Gasteiger partial charge is 0.353 e. The van der Waals surface area contributed by atoms with Crippen LogP contribution in [-0.2, 0) is 0 Å². The molecule has 29 heavy (non-hydrogen) atoms. The van der Waals surface area contributed by atoms with Crippen molar-refractivity contribution in [1.29, 1.82) is 0 Å². The summed E-state index contributed by atoms with van der Waals surface area (Å²) >= 11 is 2.22. The van der Waals surface area contributed by atoms with Crippen LogP contribution >= 0.6 is 22.6 Å². The zero-order valence-electron chi connectivity index (χ0n) is 16.2. The molecule has 0 unspecified atom stereocenters. The molecule has 1 aliphatic heterocycles. The highest BCUT2D eigenvalue weighted by molar-refractivity contribution is 14.1. The standard InChI is InChI=1S/C22H22IN5O/c1-27-12-14-28(15-13-27)21-11-10-20(25-26-21)16-4-8-19(9-5-16)24-22(29)17-2-6-18(23)7-3-17/h2-11H,12-15H2,1H3,(H,24,29). The Morgan fingerprint density at radius 3 is 2.21 bits per heavy atom. The Morgan fingerprint density at radius 1 is 0.897 bits per heavy atom. The van der Waals surface area contributed by atoms with Gasteiger partial charge in [0, 0.05) is 46.6 Å². The molecular formula is C22H22IN5O. The molecule has 0 atom stereocenters. The molecular weight excluding hydrogens is 477 g/mol. The number of carbonyl (C=O) groups excluding carboxylic acids is 1. The molecule has 1 saturated heterocycles. The molecule has 4 rings (SSSR count). The predicted molar refractivity (Wildman–Crippen MR) is 124 cm³/mol. The van der Waals surface area contributed by atoms with Crippen LogP contribution in [0.4, 0.5) is 11.5 Å². The third kappa shape index (κ3) is 4.91. The van der Waals surface area contributed by atoms with Crippen molar-refractivity contribution >= 4 is 40.0 Å². The maximum Gasteiger partial charge on any atom is 0.255 e. The summed E-state index contributed by atoms with van der Waals surface area (Å²) in [6.45, 7) is 4.02. The topological polar surface area (TPSA) is 61.4 Å². The number of likely N-dealkylation sites (N-methyl/N-ethyl adjacent to an activating group) is 1. The van der Waals surface area contributed by atoms with Gasteiger partial charge in [0.1, 0.15) is 0 Å². The summed E-state index contributed by atoms with van der Waals surface area (Å²) in [5, 5.41) is 11.7. The molecule has 1 amide bonds. The maximum absolute atomic E-state index is 12.3. The molecule has 0 spiro atoms. The number of piperazine rings is 1. The van der Waals surface area contributed by atoms with Crippen molar-refractivity contribution in [3.8, 4) is 11.3 Å². The van der Waals surface area contributed by atoms with Gasteiger partial charge in [-0.1, -0.05) is 12.1 Å². The second kappa shape index (κ2) is 8.87. The smallest absolute Gasteiger partial charge is 0.255 e. The summed E-state index contributed by atoms with van der Waals surface area (Å²) in [6.07, 6.45) is 0. The van der Waals surface area contributed by atoms with E-state index in [-0.39, 0.29) is 5.91 Å². The van der Waals surface area contributed by atoms with Crippen LogP contribution in [0, 0.1) is 3.57 Å². The normalized spacial score (nSPS) is 14.6. The van der Waals surface area contributed by atoms with Crippen molar-refractivity contribution in [2.24, 2.45) is 0 Å². The minimum atomic E-state index is -0.120. The van der Waals surface area contributed by atoms with E-state index in [1.807, 2.05) is 60.7 Å². The number of rotatable bonds is 4. The predicted octanol–water partition coefficient (Wildman–Crippen LogP) is 3.75. The minimum absolute atomic E-state index is 0.120.